The number of sulfonamides is 1. The smallest absolute Gasteiger partial charge is 0.246 e. The Morgan fingerprint density at radius 1 is 1.03 bits per heavy atom. The largest absolute Gasteiger partial charge is 0.497 e. The summed E-state index contributed by atoms with van der Waals surface area (Å²) < 4.78 is 42.2. The average Bonchev–Trinajstić information content (AvgIpc) is 2.69. The molecule has 0 aliphatic carbocycles. The van der Waals surface area contributed by atoms with Crippen LogP contribution < -0.4 is 19.5 Å². The number of methoxy groups -OCH3 is 2. The zero-order valence-corrected chi connectivity index (χ0v) is 18.0. The Balaban J connectivity index is 2.27. The van der Waals surface area contributed by atoms with Crippen molar-refractivity contribution in [3.05, 3.63) is 42.0 Å². The van der Waals surface area contributed by atoms with Gasteiger partial charge in [0.1, 0.15) is 22.1 Å². The highest BCUT2D eigenvalue weighted by atomic mass is 32.2. The van der Waals surface area contributed by atoms with Gasteiger partial charge in [0.2, 0.25) is 15.9 Å². The first-order valence-electron chi connectivity index (χ1n) is 8.93. The van der Waals surface area contributed by atoms with E-state index in [1.165, 1.54) is 33.3 Å². The summed E-state index contributed by atoms with van der Waals surface area (Å²) in [6.45, 7) is 2.09. The molecule has 158 valence electrons. The van der Waals surface area contributed by atoms with Gasteiger partial charge in [0.15, 0.2) is 0 Å². The highest BCUT2D eigenvalue weighted by molar-refractivity contribution is 7.89. The summed E-state index contributed by atoms with van der Waals surface area (Å²) in [6, 6.07) is 9.71. The lowest BCUT2D eigenvalue weighted by atomic mass is 10.1. The molecule has 0 saturated heterocycles. The molecule has 0 radical (unpaired) electrons. The molecular weight excluding hydrogens is 396 g/mol. The summed E-state index contributed by atoms with van der Waals surface area (Å²) in [5.74, 6) is 1.07. The van der Waals surface area contributed by atoms with E-state index >= 15 is 0 Å². The van der Waals surface area contributed by atoms with E-state index in [1.54, 1.807) is 38.3 Å². The fourth-order valence-electron chi connectivity index (χ4n) is 2.63. The van der Waals surface area contributed by atoms with Crippen molar-refractivity contribution in [3.8, 4) is 17.2 Å². The number of benzene rings is 2. The molecule has 0 saturated carbocycles. The average molecular weight is 423 g/mol. The zero-order chi connectivity index (χ0) is 21.6. The summed E-state index contributed by atoms with van der Waals surface area (Å²) in [5, 5.41) is 2.73. The Hall–Kier alpha value is -2.78. The van der Waals surface area contributed by atoms with E-state index in [4.69, 9.17) is 14.2 Å². The van der Waals surface area contributed by atoms with Crippen molar-refractivity contribution >= 4 is 21.6 Å². The molecule has 2 aromatic carbocycles. The second-order valence-electron chi connectivity index (χ2n) is 6.28. The van der Waals surface area contributed by atoms with Gasteiger partial charge in [-0.3, -0.25) is 4.79 Å². The molecular formula is C20H26N2O6S. The minimum atomic E-state index is -3.74. The van der Waals surface area contributed by atoms with Crippen LogP contribution in [0.5, 0.6) is 17.2 Å². The lowest BCUT2D eigenvalue weighted by Crippen LogP contribution is -2.23. The number of rotatable bonds is 9. The maximum absolute atomic E-state index is 12.6. The summed E-state index contributed by atoms with van der Waals surface area (Å²) in [5.41, 5.74) is 1.03. The Kier molecular flexibility index (Phi) is 7.46. The van der Waals surface area contributed by atoms with Crippen LogP contribution >= 0.6 is 0 Å². The molecule has 0 fully saturated rings. The van der Waals surface area contributed by atoms with Crippen LogP contribution in [0.2, 0.25) is 0 Å². The molecule has 0 atom stereocenters. The molecule has 0 aromatic heterocycles. The molecule has 0 spiro atoms. The molecule has 1 amide bonds. The predicted molar refractivity (Wildman–Crippen MR) is 110 cm³/mol. The zero-order valence-electron chi connectivity index (χ0n) is 17.2. The van der Waals surface area contributed by atoms with E-state index in [0.29, 0.717) is 29.4 Å². The van der Waals surface area contributed by atoms with Gasteiger partial charge < -0.3 is 19.5 Å². The number of hydrogen-bond donors (Lipinski definition) is 1. The van der Waals surface area contributed by atoms with Crippen molar-refractivity contribution in [3.63, 3.8) is 0 Å². The SMILES string of the molecule is CCOc1ccc(NC(=O)Cc2ccc(OC)cc2OC)cc1S(=O)(=O)N(C)C. The number of carbonyl (C=O) groups excluding carboxylic acids is 1. The maximum atomic E-state index is 12.6. The van der Waals surface area contributed by atoms with E-state index in [0.717, 1.165) is 4.31 Å². The molecule has 0 aliphatic rings. The molecule has 9 heteroatoms. The van der Waals surface area contributed by atoms with Gasteiger partial charge in [0, 0.05) is 31.4 Å². The first kappa shape index (κ1) is 22.5. The van der Waals surface area contributed by atoms with Gasteiger partial charge in [-0.1, -0.05) is 6.07 Å². The second kappa shape index (κ2) is 9.62. The molecule has 2 aromatic rings. The van der Waals surface area contributed by atoms with E-state index in [9.17, 15) is 13.2 Å². The topological polar surface area (TPSA) is 94.2 Å². The molecule has 0 bridgehead atoms. The number of hydrogen-bond acceptors (Lipinski definition) is 6. The summed E-state index contributed by atoms with van der Waals surface area (Å²) in [4.78, 5) is 12.5. The standard InChI is InChI=1S/C20H26N2O6S/c1-6-28-17-10-8-15(12-19(17)29(24,25)22(2)3)21-20(23)11-14-7-9-16(26-4)13-18(14)27-5/h7-10,12-13H,6,11H2,1-5H3,(H,21,23). The predicted octanol–water partition coefficient (Wildman–Crippen LogP) is 2.53. The van der Waals surface area contributed by atoms with Gasteiger partial charge in [-0.05, 0) is 31.2 Å². The Morgan fingerprint density at radius 2 is 1.76 bits per heavy atom. The molecule has 8 nitrogen and oxygen atoms in total. The fraction of sp³-hybridized carbons (Fsp3) is 0.350. The first-order chi connectivity index (χ1) is 13.7. The molecule has 0 heterocycles. The number of carbonyl (C=O) groups is 1. The van der Waals surface area contributed by atoms with Crippen LogP contribution in [-0.4, -0.2) is 53.6 Å². The van der Waals surface area contributed by atoms with Crippen LogP contribution in [0.3, 0.4) is 0 Å². The lowest BCUT2D eigenvalue weighted by molar-refractivity contribution is -0.115. The highest BCUT2D eigenvalue weighted by Crippen LogP contribution is 2.30. The Labute approximate surface area is 171 Å². The molecule has 0 aliphatic heterocycles. The third-order valence-electron chi connectivity index (χ3n) is 4.13. The van der Waals surface area contributed by atoms with Crippen molar-refractivity contribution in [2.24, 2.45) is 0 Å². The van der Waals surface area contributed by atoms with Gasteiger partial charge in [-0.15, -0.1) is 0 Å². The van der Waals surface area contributed by atoms with Crippen molar-refractivity contribution in [2.75, 3.05) is 40.2 Å². The van der Waals surface area contributed by atoms with Crippen LogP contribution in [-0.2, 0) is 21.2 Å². The quantitative estimate of drug-likeness (QED) is 0.667. The van der Waals surface area contributed by atoms with E-state index in [-0.39, 0.29) is 23.0 Å². The Bertz CT molecular complexity index is 973. The van der Waals surface area contributed by atoms with E-state index < -0.39 is 10.0 Å². The number of nitrogens with one attached hydrogen (secondary N) is 1. The molecule has 29 heavy (non-hydrogen) atoms. The van der Waals surface area contributed by atoms with Crippen molar-refractivity contribution in [2.45, 2.75) is 18.2 Å². The van der Waals surface area contributed by atoms with Crippen LogP contribution in [0.15, 0.2) is 41.3 Å². The van der Waals surface area contributed by atoms with E-state index in [1.807, 2.05) is 0 Å². The molecule has 1 N–H and O–H groups in total. The fourth-order valence-corrected chi connectivity index (χ4v) is 3.69. The van der Waals surface area contributed by atoms with Gasteiger partial charge in [-0.2, -0.15) is 0 Å². The van der Waals surface area contributed by atoms with Gasteiger partial charge >= 0.3 is 0 Å². The monoisotopic (exact) mass is 422 g/mol. The van der Waals surface area contributed by atoms with Crippen LogP contribution in [0, 0.1) is 0 Å². The summed E-state index contributed by atoms with van der Waals surface area (Å²) in [7, 11) is 2.19. The lowest BCUT2D eigenvalue weighted by Gasteiger charge is -2.17. The van der Waals surface area contributed by atoms with Gasteiger partial charge in [0.05, 0.1) is 27.2 Å². The van der Waals surface area contributed by atoms with Crippen molar-refractivity contribution in [1.29, 1.82) is 0 Å². The second-order valence-corrected chi connectivity index (χ2v) is 8.40. The number of ether oxygens (including phenoxy) is 3. The summed E-state index contributed by atoms with van der Waals surface area (Å²) >= 11 is 0. The number of amides is 1. The normalized spacial score (nSPS) is 11.2. The Morgan fingerprint density at radius 3 is 2.34 bits per heavy atom. The third-order valence-corrected chi connectivity index (χ3v) is 5.97. The highest BCUT2D eigenvalue weighted by Gasteiger charge is 2.23. The molecule has 0 unspecified atom stereocenters. The van der Waals surface area contributed by atoms with Crippen molar-refractivity contribution in [1.82, 2.24) is 4.31 Å². The van der Waals surface area contributed by atoms with E-state index in [2.05, 4.69) is 5.32 Å². The first-order valence-corrected chi connectivity index (χ1v) is 10.4. The molecule has 2 rings (SSSR count). The minimum absolute atomic E-state index is 0.0100. The van der Waals surface area contributed by atoms with Crippen LogP contribution in [0.1, 0.15) is 12.5 Å². The number of anilines is 1. The van der Waals surface area contributed by atoms with Gasteiger partial charge in [0.25, 0.3) is 0 Å². The van der Waals surface area contributed by atoms with Gasteiger partial charge in [-0.25, -0.2) is 12.7 Å². The van der Waals surface area contributed by atoms with Crippen molar-refractivity contribution < 1.29 is 27.4 Å². The summed E-state index contributed by atoms with van der Waals surface area (Å²) in [6.07, 6.45) is 0.0517. The minimum Gasteiger partial charge on any atom is -0.497 e. The van der Waals surface area contributed by atoms with Crippen LogP contribution in [0.25, 0.3) is 0 Å². The third kappa shape index (κ3) is 5.39. The number of nitrogens with zero attached hydrogens (tertiary/aromatic N) is 1. The van der Waals surface area contributed by atoms with Crippen LogP contribution in [0.4, 0.5) is 5.69 Å². The maximum Gasteiger partial charge on any atom is 0.246 e.